The fourth-order valence-corrected chi connectivity index (χ4v) is 1.41. The van der Waals surface area contributed by atoms with Crippen molar-refractivity contribution in [3.05, 3.63) is 42.1 Å². The Hall–Kier alpha value is -2.34. The summed E-state index contributed by atoms with van der Waals surface area (Å²) in [7, 11) is 1.35. The number of rotatable bonds is 1. The van der Waals surface area contributed by atoms with E-state index in [0.29, 0.717) is 5.69 Å². The molecule has 0 unspecified atom stereocenters. The molecule has 1 aromatic heterocycles. The summed E-state index contributed by atoms with van der Waals surface area (Å²) in [6, 6.07) is 11.6. The summed E-state index contributed by atoms with van der Waals surface area (Å²) in [5.41, 5.74) is 1.56. The molecule has 0 aliphatic rings. The van der Waals surface area contributed by atoms with Crippen LogP contribution in [0.5, 0.6) is 0 Å². The molecule has 0 bridgehead atoms. The molecule has 1 aromatic carbocycles. The molecule has 17 heavy (non-hydrogen) atoms. The molecule has 0 fully saturated rings. The average Bonchev–Trinajstić information content (AvgIpc) is 2.38. The van der Waals surface area contributed by atoms with Gasteiger partial charge in [-0.3, -0.25) is 4.79 Å². The number of methoxy groups -OCH3 is 1. The number of esters is 1. The minimum absolute atomic E-state index is 0.0883. The minimum atomic E-state index is -0.335. The molecule has 0 aliphatic heterocycles. The number of hydrogen-bond donors (Lipinski definition) is 0. The largest absolute Gasteiger partial charge is 0.468 e. The van der Waals surface area contributed by atoms with Crippen molar-refractivity contribution in [1.29, 1.82) is 0 Å². The van der Waals surface area contributed by atoms with Crippen LogP contribution in [0.1, 0.15) is 12.1 Å². The van der Waals surface area contributed by atoms with Crippen LogP contribution in [-0.4, -0.2) is 18.1 Å². The van der Waals surface area contributed by atoms with Crippen molar-refractivity contribution in [1.82, 2.24) is 4.98 Å². The molecule has 0 saturated carbocycles. The molecule has 0 atom stereocenters. The van der Waals surface area contributed by atoms with Crippen molar-refractivity contribution < 1.29 is 9.53 Å². The van der Waals surface area contributed by atoms with Gasteiger partial charge in [0, 0.05) is 5.39 Å². The number of fused-ring (bicyclic) bond motifs is 1. The third-order valence-corrected chi connectivity index (χ3v) is 2.28. The zero-order valence-corrected chi connectivity index (χ0v) is 9.43. The Morgan fingerprint density at radius 1 is 1.29 bits per heavy atom. The Morgan fingerprint density at radius 3 is 2.94 bits per heavy atom. The van der Waals surface area contributed by atoms with E-state index in [1.54, 1.807) is 0 Å². The third-order valence-electron chi connectivity index (χ3n) is 2.28. The van der Waals surface area contributed by atoms with E-state index in [-0.39, 0.29) is 12.4 Å². The first-order chi connectivity index (χ1) is 8.29. The average molecular weight is 225 g/mol. The van der Waals surface area contributed by atoms with E-state index in [4.69, 9.17) is 0 Å². The van der Waals surface area contributed by atoms with Crippen LogP contribution >= 0.6 is 0 Å². The predicted molar refractivity (Wildman–Crippen MR) is 65.3 cm³/mol. The maximum atomic E-state index is 10.9. The van der Waals surface area contributed by atoms with Gasteiger partial charge >= 0.3 is 5.97 Å². The number of pyridine rings is 1. The standard InChI is InChI=1S/C14H11NO2/c1-17-14(16)8-4-6-12-10-9-11-5-2-3-7-13(11)15-12/h2-3,5,7,9-10H,8H2,1H3. The summed E-state index contributed by atoms with van der Waals surface area (Å²) in [6.07, 6.45) is 0.0883. The van der Waals surface area contributed by atoms with Gasteiger partial charge in [-0.25, -0.2) is 4.98 Å². The number of ether oxygens (including phenoxy) is 1. The maximum absolute atomic E-state index is 10.9. The van der Waals surface area contributed by atoms with E-state index in [0.717, 1.165) is 10.9 Å². The molecule has 0 saturated heterocycles. The van der Waals surface area contributed by atoms with Crippen LogP contribution in [-0.2, 0) is 9.53 Å². The van der Waals surface area contributed by atoms with Gasteiger partial charge in [0.05, 0.1) is 12.6 Å². The van der Waals surface area contributed by atoms with Crippen molar-refractivity contribution in [2.24, 2.45) is 0 Å². The van der Waals surface area contributed by atoms with Gasteiger partial charge in [0.2, 0.25) is 0 Å². The van der Waals surface area contributed by atoms with E-state index < -0.39 is 0 Å². The Balaban J connectivity index is 2.22. The monoisotopic (exact) mass is 225 g/mol. The SMILES string of the molecule is COC(=O)CC#Cc1ccc2ccccc2n1. The molecular formula is C14H11NO2. The first kappa shape index (κ1) is 11.2. The number of carbonyl (C=O) groups excluding carboxylic acids is 1. The topological polar surface area (TPSA) is 39.2 Å². The molecule has 2 aromatic rings. The van der Waals surface area contributed by atoms with Crippen LogP contribution in [0.4, 0.5) is 0 Å². The van der Waals surface area contributed by atoms with Gasteiger partial charge in [-0.05, 0) is 18.1 Å². The summed E-state index contributed by atoms with van der Waals surface area (Å²) in [4.78, 5) is 15.2. The second-order valence-corrected chi connectivity index (χ2v) is 3.44. The summed E-state index contributed by atoms with van der Waals surface area (Å²) >= 11 is 0. The first-order valence-electron chi connectivity index (χ1n) is 5.21. The van der Waals surface area contributed by atoms with Crippen LogP contribution in [0.2, 0.25) is 0 Å². The number of carbonyl (C=O) groups is 1. The summed E-state index contributed by atoms with van der Waals surface area (Å²) in [6.45, 7) is 0. The maximum Gasteiger partial charge on any atom is 0.317 e. The first-order valence-corrected chi connectivity index (χ1v) is 5.21. The number of nitrogens with zero attached hydrogens (tertiary/aromatic N) is 1. The van der Waals surface area contributed by atoms with E-state index in [9.17, 15) is 4.79 Å². The Bertz CT molecular complexity index is 608. The third kappa shape index (κ3) is 2.82. The lowest BCUT2D eigenvalue weighted by atomic mass is 10.2. The van der Waals surface area contributed by atoms with Crippen LogP contribution in [0.3, 0.4) is 0 Å². The Morgan fingerprint density at radius 2 is 2.12 bits per heavy atom. The predicted octanol–water partition coefficient (Wildman–Crippen LogP) is 2.15. The summed E-state index contributed by atoms with van der Waals surface area (Å²) in [5, 5.41) is 1.08. The van der Waals surface area contributed by atoms with Crippen molar-refractivity contribution in [3.8, 4) is 11.8 Å². The lowest BCUT2D eigenvalue weighted by Gasteiger charge is -1.96. The van der Waals surface area contributed by atoms with Crippen molar-refractivity contribution in [2.45, 2.75) is 6.42 Å². The molecule has 3 heteroatoms. The van der Waals surface area contributed by atoms with Gasteiger partial charge in [-0.15, -0.1) is 0 Å². The smallest absolute Gasteiger partial charge is 0.317 e. The van der Waals surface area contributed by atoms with Crippen LogP contribution < -0.4 is 0 Å². The van der Waals surface area contributed by atoms with Crippen LogP contribution in [0.15, 0.2) is 36.4 Å². The molecule has 3 nitrogen and oxygen atoms in total. The summed E-state index contributed by atoms with van der Waals surface area (Å²) < 4.78 is 4.50. The highest BCUT2D eigenvalue weighted by molar-refractivity contribution is 5.79. The van der Waals surface area contributed by atoms with E-state index in [1.807, 2.05) is 36.4 Å². The minimum Gasteiger partial charge on any atom is -0.468 e. The van der Waals surface area contributed by atoms with Gasteiger partial charge in [0.1, 0.15) is 12.1 Å². The highest BCUT2D eigenvalue weighted by atomic mass is 16.5. The zero-order valence-electron chi connectivity index (χ0n) is 9.43. The lowest BCUT2D eigenvalue weighted by Crippen LogP contribution is -1.97. The Labute approximate surface area is 99.4 Å². The van der Waals surface area contributed by atoms with Crippen LogP contribution in [0, 0.1) is 11.8 Å². The molecule has 2 rings (SSSR count). The molecule has 0 N–H and O–H groups in total. The molecule has 0 amide bonds. The fourth-order valence-electron chi connectivity index (χ4n) is 1.41. The fraction of sp³-hybridized carbons (Fsp3) is 0.143. The molecule has 1 heterocycles. The molecule has 0 spiro atoms. The highest BCUT2D eigenvalue weighted by Gasteiger charge is 1.96. The van der Waals surface area contributed by atoms with Crippen LogP contribution in [0.25, 0.3) is 10.9 Å². The van der Waals surface area contributed by atoms with E-state index in [1.165, 1.54) is 7.11 Å². The number of hydrogen-bond acceptors (Lipinski definition) is 3. The summed E-state index contributed by atoms with van der Waals surface area (Å²) in [5.74, 6) is 5.24. The molecule has 0 radical (unpaired) electrons. The Kier molecular flexibility index (Phi) is 3.37. The zero-order chi connectivity index (χ0) is 12.1. The van der Waals surface area contributed by atoms with Gasteiger partial charge < -0.3 is 4.74 Å². The van der Waals surface area contributed by atoms with Crippen molar-refractivity contribution in [2.75, 3.05) is 7.11 Å². The van der Waals surface area contributed by atoms with E-state index >= 15 is 0 Å². The number of para-hydroxylation sites is 1. The quantitative estimate of drug-likeness (QED) is 0.551. The second kappa shape index (κ2) is 5.13. The van der Waals surface area contributed by atoms with Crippen molar-refractivity contribution >= 4 is 16.9 Å². The van der Waals surface area contributed by atoms with Gasteiger partial charge in [0.25, 0.3) is 0 Å². The molecule has 84 valence electrons. The van der Waals surface area contributed by atoms with Gasteiger partial charge in [-0.1, -0.05) is 30.2 Å². The van der Waals surface area contributed by atoms with Crippen molar-refractivity contribution in [3.63, 3.8) is 0 Å². The second-order valence-electron chi connectivity index (χ2n) is 3.44. The number of aromatic nitrogens is 1. The van der Waals surface area contributed by atoms with Gasteiger partial charge in [-0.2, -0.15) is 0 Å². The van der Waals surface area contributed by atoms with E-state index in [2.05, 4.69) is 21.6 Å². The molecule has 0 aliphatic carbocycles. The highest BCUT2D eigenvalue weighted by Crippen LogP contribution is 2.10. The number of benzene rings is 1. The van der Waals surface area contributed by atoms with Gasteiger partial charge in [0.15, 0.2) is 0 Å². The molecular weight excluding hydrogens is 214 g/mol. The normalized spacial score (nSPS) is 9.47. The lowest BCUT2D eigenvalue weighted by molar-refractivity contribution is -0.139.